The van der Waals surface area contributed by atoms with E-state index in [4.69, 9.17) is 0 Å². The molecular formula is C15H16F3N3. The average molecular weight is 295 g/mol. The lowest BCUT2D eigenvalue weighted by atomic mass is 10.0. The number of benzene rings is 1. The van der Waals surface area contributed by atoms with Crippen molar-refractivity contribution in [2.75, 3.05) is 11.9 Å². The van der Waals surface area contributed by atoms with Crippen LogP contribution in [-0.2, 0) is 12.6 Å². The van der Waals surface area contributed by atoms with E-state index in [0.29, 0.717) is 0 Å². The summed E-state index contributed by atoms with van der Waals surface area (Å²) in [6.45, 7) is 2.80. The maximum Gasteiger partial charge on any atom is 0.416 e. The van der Waals surface area contributed by atoms with Gasteiger partial charge in [0.2, 0.25) is 5.95 Å². The van der Waals surface area contributed by atoms with E-state index in [-0.39, 0.29) is 6.04 Å². The Morgan fingerprint density at radius 3 is 2.62 bits per heavy atom. The Kier molecular flexibility index (Phi) is 3.39. The molecule has 0 aliphatic carbocycles. The molecule has 0 bridgehead atoms. The van der Waals surface area contributed by atoms with Crippen LogP contribution >= 0.6 is 0 Å². The summed E-state index contributed by atoms with van der Waals surface area (Å²) in [6.07, 6.45) is -0.648. The van der Waals surface area contributed by atoms with Crippen molar-refractivity contribution in [1.29, 1.82) is 0 Å². The summed E-state index contributed by atoms with van der Waals surface area (Å²) >= 11 is 0. The molecular weight excluding hydrogens is 279 g/mol. The van der Waals surface area contributed by atoms with Gasteiger partial charge < -0.3 is 9.88 Å². The summed E-state index contributed by atoms with van der Waals surface area (Å²) in [5, 5.41) is 3.22. The lowest BCUT2D eigenvalue weighted by Gasteiger charge is -2.26. The minimum absolute atomic E-state index is 0.0383. The second-order valence-corrected chi connectivity index (χ2v) is 5.17. The lowest BCUT2D eigenvalue weighted by Crippen LogP contribution is -2.23. The Hall–Kier alpha value is -1.98. The zero-order chi connectivity index (χ0) is 15.0. The van der Waals surface area contributed by atoms with E-state index in [1.165, 1.54) is 0 Å². The molecule has 0 radical (unpaired) electrons. The Morgan fingerprint density at radius 1 is 1.29 bits per heavy atom. The third-order valence-corrected chi connectivity index (χ3v) is 3.80. The number of hydrogen-bond acceptors (Lipinski definition) is 2. The van der Waals surface area contributed by atoms with Gasteiger partial charge in [0.05, 0.1) is 17.3 Å². The largest absolute Gasteiger partial charge is 0.416 e. The van der Waals surface area contributed by atoms with Gasteiger partial charge in [-0.2, -0.15) is 13.2 Å². The summed E-state index contributed by atoms with van der Waals surface area (Å²) in [4.78, 5) is 4.47. The Morgan fingerprint density at radius 2 is 2.00 bits per heavy atom. The van der Waals surface area contributed by atoms with Crippen LogP contribution < -0.4 is 5.32 Å². The normalized spacial score (nSPS) is 18.2. The van der Waals surface area contributed by atoms with Gasteiger partial charge in [-0.05, 0) is 30.5 Å². The molecule has 0 spiro atoms. The number of nitrogens with one attached hydrogen (secondary N) is 1. The zero-order valence-electron chi connectivity index (χ0n) is 11.6. The molecule has 0 saturated carbocycles. The molecule has 2 heterocycles. The lowest BCUT2D eigenvalue weighted by molar-refractivity contribution is -0.137. The van der Waals surface area contributed by atoms with Crippen molar-refractivity contribution in [1.82, 2.24) is 9.55 Å². The predicted molar refractivity (Wildman–Crippen MR) is 74.3 cm³/mol. The van der Waals surface area contributed by atoms with E-state index in [2.05, 4.69) is 10.3 Å². The number of aromatic nitrogens is 2. The molecule has 1 unspecified atom stereocenters. The second-order valence-electron chi connectivity index (χ2n) is 5.17. The van der Waals surface area contributed by atoms with Gasteiger partial charge in [-0.1, -0.05) is 19.1 Å². The Bertz CT molecular complexity index is 629. The van der Waals surface area contributed by atoms with Crippen molar-refractivity contribution in [2.45, 2.75) is 32.0 Å². The van der Waals surface area contributed by atoms with Gasteiger partial charge in [0, 0.05) is 12.7 Å². The summed E-state index contributed by atoms with van der Waals surface area (Å²) < 4.78 is 39.9. The molecule has 1 aromatic carbocycles. The number of alkyl halides is 3. The maximum atomic E-state index is 12.6. The smallest absolute Gasteiger partial charge is 0.356 e. The second kappa shape index (κ2) is 5.09. The number of halogens is 3. The zero-order valence-corrected chi connectivity index (χ0v) is 11.6. The van der Waals surface area contributed by atoms with Gasteiger partial charge in [-0.15, -0.1) is 0 Å². The van der Waals surface area contributed by atoms with E-state index in [1.54, 1.807) is 12.1 Å². The van der Waals surface area contributed by atoms with Crippen LogP contribution in [0.4, 0.5) is 19.1 Å². The number of nitrogens with zero attached hydrogens (tertiary/aromatic N) is 2. The number of aryl methyl sites for hydroxylation is 1. The van der Waals surface area contributed by atoms with Gasteiger partial charge >= 0.3 is 6.18 Å². The fourth-order valence-electron chi connectivity index (χ4n) is 2.66. The minimum atomic E-state index is -4.29. The molecule has 6 heteroatoms. The molecule has 3 rings (SSSR count). The highest BCUT2D eigenvalue weighted by molar-refractivity contribution is 5.37. The Balaban J connectivity index is 1.93. The first-order chi connectivity index (χ1) is 9.99. The molecule has 2 aromatic rings. The van der Waals surface area contributed by atoms with Crippen LogP contribution in [0.5, 0.6) is 0 Å². The highest BCUT2D eigenvalue weighted by Gasteiger charge is 2.30. The molecule has 112 valence electrons. The highest BCUT2D eigenvalue weighted by atomic mass is 19.4. The monoisotopic (exact) mass is 295 g/mol. The average Bonchev–Trinajstić information content (AvgIpc) is 2.89. The van der Waals surface area contributed by atoms with Gasteiger partial charge in [0.15, 0.2) is 0 Å². The predicted octanol–water partition coefficient (Wildman–Crippen LogP) is 3.87. The van der Waals surface area contributed by atoms with E-state index < -0.39 is 11.7 Å². The van der Waals surface area contributed by atoms with E-state index in [1.807, 2.05) is 17.7 Å². The number of fused-ring (bicyclic) bond motifs is 1. The van der Waals surface area contributed by atoms with Crippen LogP contribution in [-0.4, -0.2) is 16.1 Å². The van der Waals surface area contributed by atoms with Crippen molar-refractivity contribution >= 4 is 5.95 Å². The molecule has 0 amide bonds. The van der Waals surface area contributed by atoms with E-state index in [0.717, 1.165) is 48.7 Å². The van der Waals surface area contributed by atoms with Crippen LogP contribution in [0.25, 0.3) is 0 Å². The van der Waals surface area contributed by atoms with Crippen LogP contribution in [0.3, 0.4) is 0 Å². The van der Waals surface area contributed by atoms with Gasteiger partial charge in [0.1, 0.15) is 0 Å². The molecule has 1 aliphatic rings. The van der Waals surface area contributed by atoms with Gasteiger partial charge in [0.25, 0.3) is 0 Å². The van der Waals surface area contributed by atoms with Crippen molar-refractivity contribution in [3.63, 3.8) is 0 Å². The maximum absolute atomic E-state index is 12.6. The van der Waals surface area contributed by atoms with Crippen LogP contribution in [0.15, 0.2) is 30.5 Å². The quantitative estimate of drug-likeness (QED) is 0.911. The van der Waals surface area contributed by atoms with Gasteiger partial charge in [-0.3, -0.25) is 0 Å². The van der Waals surface area contributed by atoms with Crippen LogP contribution in [0.1, 0.15) is 36.2 Å². The highest BCUT2D eigenvalue weighted by Crippen LogP contribution is 2.33. The number of anilines is 1. The standard InChI is InChI=1S/C15H16F3N3/c1-2-12-9-21-13(7-8-19-14(21)20-12)10-3-5-11(6-4-10)15(16,17)18/h3-6,9,13H,2,7-8H2,1H3,(H,19,20). The first-order valence-corrected chi connectivity index (χ1v) is 6.98. The van der Waals surface area contributed by atoms with Crippen molar-refractivity contribution in [3.05, 3.63) is 47.3 Å². The Labute approximate surface area is 120 Å². The molecule has 1 N–H and O–H groups in total. The topological polar surface area (TPSA) is 29.9 Å². The fraction of sp³-hybridized carbons (Fsp3) is 0.400. The van der Waals surface area contributed by atoms with Crippen LogP contribution in [0, 0.1) is 0 Å². The molecule has 0 fully saturated rings. The minimum Gasteiger partial charge on any atom is -0.356 e. The van der Waals surface area contributed by atoms with E-state index >= 15 is 0 Å². The molecule has 3 nitrogen and oxygen atoms in total. The van der Waals surface area contributed by atoms with Crippen LogP contribution in [0.2, 0.25) is 0 Å². The summed E-state index contributed by atoms with van der Waals surface area (Å²) in [6, 6.07) is 5.46. The molecule has 1 atom stereocenters. The van der Waals surface area contributed by atoms with Crippen molar-refractivity contribution in [3.8, 4) is 0 Å². The summed E-state index contributed by atoms with van der Waals surface area (Å²) in [7, 11) is 0. The number of hydrogen-bond donors (Lipinski definition) is 1. The first kappa shape index (κ1) is 14.0. The van der Waals surface area contributed by atoms with E-state index in [9.17, 15) is 13.2 Å². The number of rotatable bonds is 2. The first-order valence-electron chi connectivity index (χ1n) is 6.98. The molecule has 21 heavy (non-hydrogen) atoms. The summed E-state index contributed by atoms with van der Waals surface area (Å²) in [5.74, 6) is 0.794. The van der Waals surface area contributed by atoms with Crippen molar-refractivity contribution in [2.24, 2.45) is 0 Å². The summed E-state index contributed by atoms with van der Waals surface area (Å²) in [5.41, 5.74) is 1.25. The SMILES string of the molecule is CCc1cn2c(n1)NCCC2c1ccc(C(F)(F)F)cc1. The third-order valence-electron chi connectivity index (χ3n) is 3.80. The molecule has 1 aliphatic heterocycles. The fourth-order valence-corrected chi connectivity index (χ4v) is 2.66. The molecule has 0 saturated heterocycles. The third kappa shape index (κ3) is 2.62. The molecule has 1 aromatic heterocycles. The number of imidazole rings is 1. The van der Waals surface area contributed by atoms with Gasteiger partial charge in [-0.25, -0.2) is 4.98 Å². The van der Waals surface area contributed by atoms with Crippen molar-refractivity contribution < 1.29 is 13.2 Å².